The second-order valence-electron chi connectivity index (χ2n) is 7.96. The number of hydrogen-bond acceptors (Lipinski definition) is 3. The molecule has 142 valence electrons. The summed E-state index contributed by atoms with van der Waals surface area (Å²) >= 11 is 0. The molecule has 1 saturated carbocycles. The molecule has 2 fully saturated rings. The summed E-state index contributed by atoms with van der Waals surface area (Å²) in [4.78, 5) is 0. The van der Waals surface area contributed by atoms with E-state index in [9.17, 15) is 5.11 Å². The van der Waals surface area contributed by atoms with E-state index in [1.807, 2.05) is 0 Å². The summed E-state index contributed by atoms with van der Waals surface area (Å²) in [6.45, 7) is 0.102. The van der Waals surface area contributed by atoms with E-state index in [-0.39, 0.29) is 24.4 Å². The van der Waals surface area contributed by atoms with E-state index in [4.69, 9.17) is 4.74 Å². The Morgan fingerprint density at radius 2 is 1.29 bits per heavy atom. The first-order valence-electron chi connectivity index (χ1n) is 10.00. The van der Waals surface area contributed by atoms with E-state index >= 15 is 0 Å². The third-order valence-corrected chi connectivity index (χ3v) is 6.31. The highest BCUT2D eigenvalue weighted by molar-refractivity contribution is 5.49. The van der Waals surface area contributed by atoms with Crippen molar-refractivity contribution in [2.45, 2.75) is 36.1 Å². The molecule has 2 aliphatic rings. The minimum absolute atomic E-state index is 0.102. The van der Waals surface area contributed by atoms with Gasteiger partial charge >= 0.3 is 0 Å². The van der Waals surface area contributed by atoms with Crippen molar-refractivity contribution in [3.8, 4) is 0 Å². The van der Waals surface area contributed by atoms with Crippen molar-refractivity contribution < 1.29 is 9.84 Å². The van der Waals surface area contributed by atoms with Gasteiger partial charge in [-0.15, -0.1) is 0 Å². The largest absolute Gasteiger partial charge is 0.393 e. The molecule has 3 nitrogen and oxygen atoms in total. The van der Waals surface area contributed by atoms with Crippen LogP contribution in [0.15, 0.2) is 91.0 Å². The lowest BCUT2D eigenvalue weighted by atomic mass is 9.76. The summed E-state index contributed by atoms with van der Waals surface area (Å²) in [6, 6.07) is 32.2. The van der Waals surface area contributed by atoms with Crippen LogP contribution in [0, 0.1) is 0 Å². The standard InChI is InChI=1S/C25H25NO2/c27-18-24-17-22(16-23(24)28-24)26-25(19-10-4-1-5-11-19,20-12-6-2-7-13-20)21-14-8-3-9-15-21/h1-15,22-23,26-27H,16-18H2. The molecule has 0 amide bonds. The minimum atomic E-state index is -0.456. The van der Waals surface area contributed by atoms with Crippen molar-refractivity contribution in [2.24, 2.45) is 0 Å². The Morgan fingerprint density at radius 1 is 0.821 bits per heavy atom. The monoisotopic (exact) mass is 371 g/mol. The molecule has 0 spiro atoms. The summed E-state index contributed by atoms with van der Waals surface area (Å²) in [5.41, 5.74) is 2.86. The van der Waals surface area contributed by atoms with Gasteiger partial charge in [-0.3, -0.25) is 5.32 Å². The van der Waals surface area contributed by atoms with Crippen LogP contribution in [0.2, 0.25) is 0 Å². The Labute approximate surface area is 166 Å². The number of rotatable bonds is 6. The van der Waals surface area contributed by atoms with E-state index in [0.29, 0.717) is 0 Å². The van der Waals surface area contributed by atoms with Crippen molar-refractivity contribution in [1.29, 1.82) is 0 Å². The Bertz CT molecular complexity index is 828. The lowest BCUT2D eigenvalue weighted by Crippen LogP contribution is -2.50. The van der Waals surface area contributed by atoms with Crippen molar-refractivity contribution in [1.82, 2.24) is 5.32 Å². The van der Waals surface area contributed by atoms with Gasteiger partial charge in [-0.2, -0.15) is 0 Å². The van der Waals surface area contributed by atoms with Gasteiger partial charge in [-0.1, -0.05) is 91.0 Å². The highest BCUT2D eigenvalue weighted by Crippen LogP contribution is 2.51. The molecule has 3 heteroatoms. The van der Waals surface area contributed by atoms with Crippen LogP contribution in [-0.4, -0.2) is 29.5 Å². The Morgan fingerprint density at radius 3 is 1.68 bits per heavy atom. The predicted molar refractivity (Wildman–Crippen MR) is 110 cm³/mol. The van der Waals surface area contributed by atoms with Crippen molar-refractivity contribution in [3.05, 3.63) is 108 Å². The maximum Gasteiger partial charge on any atom is 0.119 e. The molecule has 0 radical (unpaired) electrons. The maximum atomic E-state index is 9.78. The number of epoxide rings is 1. The van der Waals surface area contributed by atoms with Gasteiger partial charge < -0.3 is 9.84 Å². The fraction of sp³-hybridized carbons (Fsp3) is 0.280. The Hall–Kier alpha value is -2.46. The highest BCUT2D eigenvalue weighted by Gasteiger charge is 2.63. The Balaban J connectivity index is 1.65. The lowest BCUT2D eigenvalue weighted by molar-refractivity contribution is 0.140. The van der Waals surface area contributed by atoms with Crippen LogP contribution in [0.5, 0.6) is 0 Å². The molecule has 0 aromatic heterocycles. The van der Waals surface area contributed by atoms with Crippen LogP contribution in [0.3, 0.4) is 0 Å². The molecule has 1 aliphatic heterocycles. The third kappa shape index (κ3) is 2.78. The lowest BCUT2D eigenvalue weighted by Gasteiger charge is -2.40. The molecule has 2 N–H and O–H groups in total. The van der Waals surface area contributed by atoms with E-state index in [0.717, 1.165) is 12.8 Å². The molecule has 3 aromatic carbocycles. The van der Waals surface area contributed by atoms with Crippen LogP contribution in [0.4, 0.5) is 0 Å². The third-order valence-electron chi connectivity index (χ3n) is 6.31. The number of nitrogens with one attached hydrogen (secondary N) is 1. The first kappa shape index (κ1) is 17.6. The number of aliphatic hydroxyl groups is 1. The van der Waals surface area contributed by atoms with Crippen molar-refractivity contribution >= 4 is 0 Å². The van der Waals surface area contributed by atoms with Crippen molar-refractivity contribution in [2.75, 3.05) is 6.61 Å². The van der Waals surface area contributed by atoms with E-state index in [1.54, 1.807) is 0 Å². The maximum absolute atomic E-state index is 9.78. The number of ether oxygens (including phenoxy) is 1. The van der Waals surface area contributed by atoms with Gasteiger partial charge in [0.1, 0.15) is 5.60 Å². The van der Waals surface area contributed by atoms with Gasteiger partial charge in [-0.05, 0) is 29.5 Å². The summed E-state index contributed by atoms with van der Waals surface area (Å²) < 4.78 is 5.76. The summed E-state index contributed by atoms with van der Waals surface area (Å²) in [5, 5.41) is 13.8. The second-order valence-corrected chi connectivity index (χ2v) is 7.96. The molecular formula is C25H25NO2. The number of fused-ring (bicyclic) bond motifs is 1. The summed E-state index contributed by atoms with van der Waals surface area (Å²) in [5.74, 6) is 0. The molecular weight excluding hydrogens is 346 g/mol. The van der Waals surface area contributed by atoms with Gasteiger partial charge in [0.2, 0.25) is 0 Å². The van der Waals surface area contributed by atoms with E-state index < -0.39 is 5.54 Å². The topological polar surface area (TPSA) is 44.8 Å². The molecule has 3 atom stereocenters. The normalized spacial score (nSPS) is 26.0. The van der Waals surface area contributed by atoms with Gasteiger partial charge in [0.25, 0.3) is 0 Å². The fourth-order valence-corrected chi connectivity index (χ4v) is 4.88. The molecule has 0 bridgehead atoms. The molecule has 5 rings (SSSR count). The molecule has 1 aliphatic carbocycles. The molecule has 3 unspecified atom stereocenters. The quantitative estimate of drug-likeness (QED) is 0.511. The number of hydrogen-bond donors (Lipinski definition) is 2. The SMILES string of the molecule is OCC12CC(NC(c3ccccc3)(c3ccccc3)c3ccccc3)CC1O2. The highest BCUT2D eigenvalue weighted by atomic mass is 16.6. The Kier molecular flexibility index (Phi) is 4.31. The zero-order valence-corrected chi connectivity index (χ0v) is 15.8. The smallest absolute Gasteiger partial charge is 0.119 e. The van der Waals surface area contributed by atoms with Gasteiger partial charge in [-0.25, -0.2) is 0 Å². The first-order chi connectivity index (χ1) is 13.8. The molecule has 1 heterocycles. The average Bonchev–Trinajstić information content (AvgIpc) is 3.34. The van der Waals surface area contributed by atoms with Crippen LogP contribution in [0.25, 0.3) is 0 Å². The minimum Gasteiger partial charge on any atom is -0.393 e. The zero-order valence-electron chi connectivity index (χ0n) is 15.8. The van der Waals surface area contributed by atoms with Crippen LogP contribution < -0.4 is 5.32 Å². The molecule has 1 saturated heterocycles. The second kappa shape index (κ2) is 6.85. The molecule has 3 aromatic rings. The summed E-state index contributed by atoms with van der Waals surface area (Å²) in [7, 11) is 0. The molecule has 28 heavy (non-hydrogen) atoms. The van der Waals surface area contributed by atoms with Gasteiger partial charge in [0.05, 0.1) is 18.2 Å². The fourth-order valence-electron chi connectivity index (χ4n) is 4.88. The number of benzene rings is 3. The van der Waals surface area contributed by atoms with E-state index in [2.05, 4.69) is 96.3 Å². The van der Waals surface area contributed by atoms with Crippen LogP contribution >= 0.6 is 0 Å². The average molecular weight is 371 g/mol. The van der Waals surface area contributed by atoms with Gasteiger partial charge in [0.15, 0.2) is 0 Å². The van der Waals surface area contributed by atoms with Crippen LogP contribution in [0.1, 0.15) is 29.5 Å². The predicted octanol–water partition coefficient (Wildman–Crippen LogP) is 3.86. The van der Waals surface area contributed by atoms with Crippen molar-refractivity contribution in [3.63, 3.8) is 0 Å². The summed E-state index contributed by atoms with van der Waals surface area (Å²) in [6.07, 6.45) is 1.94. The van der Waals surface area contributed by atoms with Gasteiger partial charge in [0, 0.05) is 6.04 Å². The number of aliphatic hydroxyl groups excluding tert-OH is 1. The van der Waals surface area contributed by atoms with Crippen LogP contribution in [-0.2, 0) is 10.3 Å². The van der Waals surface area contributed by atoms with E-state index in [1.165, 1.54) is 16.7 Å². The zero-order chi connectivity index (χ0) is 19.0. The first-order valence-corrected chi connectivity index (χ1v) is 10.00.